The largest absolute Gasteiger partial charge is 0.320 e. The molecule has 1 N–H and O–H groups in total. The summed E-state index contributed by atoms with van der Waals surface area (Å²) in [5, 5.41) is 13.3. The number of carbonyl (C=O) groups excluding carboxylic acids is 1. The number of rotatable bonds is 3. The lowest BCUT2D eigenvalue weighted by Crippen LogP contribution is -2.14. The molecular weight excluding hydrogens is 326 g/mol. The van der Waals surface area contributed by atoms with Crippen molar-refractivity contribution in [2.24, 2.45) is 0 Å². The van der Waals surface area contributed by atoms with Crippen molar-refractivity contribution >= 4 is 33.2 Å². The molecule has 1 heterocycles. The Morgan fingerprint density at radius 2 is 2.10 bits per heavy atom. The van der Waals surface area contributed by atoms with Gasteiger partial charge in [-0.15, -0.1) is 0 Å². The van der Waals surface area contributed by atoms with Crippen LogP contribution in [0.4, 0.5) is 11.4 Å². The van der Waals surface area contributed by atoms with Crippen molar-refractivity contribution in [3.05, 3.63) is 62.4 Å². The summed E-state index contributed by atoms with van der Waals surface area (Å²) in [5.74, 6) is -0.372. The van der Waals surface area contributed by atoms with Gasteiger partial charge in [-0.3, -0.25) is 14.9 Å². The van der Waals surface area contributed by atoms with E-state index in [1.54, 1.807) is 25.1 Å². The Hall–Kier alpha value is -2.28. The van der Waals surface area contributed by atoms with Gasteiger partial charge in [0.1, 0.15) is 10.3 Å². The Kier molecular flexibility index (Phi) is 4.09. The van der Waals surface area contributed by atoms with Crippen molar-refractivity contribution in [1.29, 1.82) is 0 Å². The molecule has 0 aliphatic carbocycles. The Morgan fingerprint density at radius 3 is 2.70 bits per heavy atom. The molecule has 102 valence electrons. The first-order chi connectivity index (χ1) is 9.47. The first-order valence-electron chi connectivity index (χ1n) is 5.66. The summed E-state index contributed by atoms with van der Waals surface area (Å²) in [4.78, 5) is 26.2. The monoisotopic (exact) mass is 335 g/mol. The van der Waals surface area contributed by atoms with E-state index in [0.717, 1.165) is 0 Å². The van der Waals surface area contributed by atoms with E-state index >= 15 is 0 Å². The molecule has 7 heteroatoms. The molecule has 1 aromatic heterocycles. The minimum Gasteiger partial charge on any atom is -0.320 e. The molecule has 1 aromatic carbocycles. The SMILES string of the molecule is Cc1cc([N+](=O)[O-])ccc1NC(=O)c1cccc(Br)n1. The Labute approximate surface area is 123 Å². The van der Waals surface area contributed by atoms with Crippen LogP contribution in [0.5, 0.6) is 0 Å². The Bertz CT molecular complexity index is 688. The van der Waals surface area contributed by atoms with Gasteiger partial charge in [-0.2, -0.15) is 0 Å². The number of hydrogen-bond donors (Lipinski definition) is 1. The molecule has 0 fully saturated rings. The molecule has 0 unspecified atom stereocenters. The third-order valence-electron chi connectivity index (χ3n) is 2.62. The molecule has 20 heavy (non-hydrogen) atoms. The van der Waals surface area contributed by atoms with E-state index in [-0.39, 0.29) is 17.3 Å². The number of pyridine rings is 1. The number of aryl methyl sites for hydroxylation is 1. The van der Waals surface area contributed by atoms with E-state index in [4.69, 9.17) is 0 Å². The van der Waals surface area contributed by atoms with Gasteiger partial charge in [-0.1, -0.05) is 6.07 Å². The average Bonchev–Trinajstić information content (AvgIpc) is 2.40. The van der Waals surface area contributed by atoms with Crippen LogP contribution in [0.2, 0.25) is 0 Å². The Morgan fingerprint density at radius 1 is 1.35 bits per heavy atom. The van der Waals surface area contributed by atoms with Gasteiger partial charge < -0.3 is 5.32 Å². The molecular formula is C13H10BrN3O3. The standard InChI is InChI=1S/C13H10BrN3O3/c1-8-7-9(17(19)20)5-6-10(8)16-13(18)11-3-2-4-12(14)15-11/h2-7H,1H3,(H,16,18). The predicted molar refractivity (Wildman–Crippen MR) is 77.7 cm³/mol. The molecule has 0 radical (unpaired) electrons. The number of halogens is 1. The minimum absolute atomic E-state index is 0.0129. The van der Waals surface area contributed by atoms with Gasteiger partial charge in [0.05, 0.1) is 4.92 Å². The van der Waals surface area contributed by atoms with Crippen molar-refractivity contribution in [3.63, 3.8) is 0 Å². The highest BCUT2D eigenvalue weighted by atomic mass is 79.9. The lowest BCUT2D eigenvalue weighted by atomic mass is 10.1. The van der Waals surface area contributed by atoms with Gasteiger partial charge in [-0.05, 0) is 46.6 Å². The highest BCUT2D eigenvalue weighted by molar-refractivity contribution is 9.10. The van der Waals surface area contributed by atoms with E-state index in [1.165, 1.54) is 18.2 Å². The zero-order chi connectivity index (χ0) is 14.7. The molecule has 1 amide bonds. The molecule has 0 saturated carbocycles. The van der Waals surface area contributed by atoms with Crippen LogP contribution in [0, 0.1) is 17.0 Å². The van der Waals surface area contributed by atoms with E-state index < -0.39 is 4.92 Å². The average molecular weight is 336 g/mol. The first-order valence-corrected chi connectivity index (χ1v) is 6.45. The zero-order valence-corrected chi connectivity index (χ0v) is 12.0. The van der Waals surface area contributed by atoms with E-state index in [1.807, 2.05) is 0 Å². The van der Waals surface area contributed by atoms with E-state index in [9.17, 15) is 14.9 Å². The van der Waals surface area contributed by atoms with Gasteiger partial charge >= 0.3 is 0 Å². The minimum atomic E-state index is -0.478. The summed E-state index contributed by atoms with van der Waals surface area (Å²) < 4.78 is 0.561. The smallest absolute Gasteiger partial charge is 0.274 e. The van der Waals surface area contributed by atoms with Crippen LogP contribution in [0.25, 0.3) is 0 Å². The summed E-state index contributed by atoms with van der Waals surface area (Å²) >= 11 is 3.19. The van der Waals surface area contributed by atoms with Crippen molar-refractivity contribution in [1.82, 2.24) is 4.98 Å². The van der Waals surface area contributed by atoms with Crippen molar-refractivity contribution < 1.29 is 9.72 Å². The third kappa shape index (κ3) is 3.18. The number of anilines is 1. The lowest BCUT2D eigenvalue weighted by molar-refractivity contribution is -0.384. The van der Waals surface area contributed by atoms with E-state index in [2.05, 4.69) is 26.2 Å². The number of aromatic nitrogens is 1. The van der Waals surface area contributed by atoms with Crippen LogP contribution in [0.1, 0.15) is 16.1 Å². The maximum Gasteiger partial charge on any atom is 0.274 e. The summed E-state index contributed by atoms with van der Waals surface area (Å²) in [6.45, 7) is 1.69. The number of nitro benzene ring substituents is 1. The third-order valence-corrected chi connectivity index (χ3v) is 3.06. The van der Waals surface area contributed by atoms with Crippen LogP contribution in [0.3, 0.4) is 0 Å². The van der Waals surface area contributed by atoms with Crippen LogP contribution in [-0.2, 0) is 0 Å². The molecule has 0 spiro atoms. The van der Waals surface area contributed by atoms with Crippen LogP contribution in [-0.4, -0.2) is 15.8 Å². The second-order valence-corrected chi connectivity index (χ2v) is 4.87. The normalized spacial score (nSPS) is 10.1. The van der Waals surface area contributed by atoms with Crippen LogP contribution < -0.4 is 5.32 Å². The summed E-state index contributed by atoms with van der Waals surface area (Å²) in [5.41, 5.74) is 1.38. The number of amides is 1. The molecule has 0 aliphatic heterocycles. The maximum atomic E-state index is 12.0. The molecule has 0 atom stereocenters. The predicted octanol–water partition coefficient (Wildman–Crippen LogP) is 3.31. The summed E-state index contributed by atoms with van der Waals surface area (Å²) in [7, 11) is 0. The number of carbonyl (C=O) groups is 1. The number of nitro groups is 1. The fourth-order valence-corrected chi connectivity index (χ4v) is 1.97. The number of nitrogens with one attached hydrogen (secondary N) is 1. The van der Waals surface area contributed by atoms with Gasteiger partial charge in [0.2, 0.25) is 0 Å². The van der Waals surface area contributed by atoms with Gasteiger partial charge in [0.15, 0.2) is 0 Å². The number of hydrogen-bond acceptors (Lipinski definition) is 4. The Balaban J connectivity index is 2.22. The van der Waals surface area contributed by atoms with Crippen molar-refractivity contribution in [3.8, 4) is 0 Å². The fraction of sp³-hybridized carbons (Fsp3) is 0.0769. The summed E-state index contributed by atoms with van der Waals surface area (Å²) in [6.07, 6.45) is 0. The molecule has 0 aliphatic rings. The van der Waals surface area contributed by atoms with Crippen LogP contribution in [0.15, 0.2) is 41.0 Å². The maximum absolute atomic E-state index is 12.0. The second-order valence-electron chi connectivity index (χ2n) is 4.06. The lowest BCUT2D eigenvalue weighted by Gasteiger charge is -2.07. The van der Waals surface area contributed by atoms with Gasteiger partial charge in [0.25, 0.3) is 11.6 Å². The second kappa shape index (κ2) is 5.79. The van der Waals surface area contributed by atoms with Gasteiger partial charge in [-0.25, -0.2) is 4.98 Å². The topological polar surface area (TPSA) is 85.1 Å². The molecule has 0 bridgehead atoms. The van der Waals surface area contributed by atoms with Crippen molar-refractivity contribution in [2.45, 2.75) is 6.92 Å². The number of benzene rings is 1. The molecule has 0 saturated heterocycles. The number of nitrogens with zero attached hydrogens (tertiary/aromatic N) is 2. The quantitative estimate of drug-likeness (QED) is 0.529. The highest BCUT2D eigenvalue weighted by Gasteiger charge is 2.12. The fourth-order valence-electron chi connectivity index (χ4n) is 1.62. The first kappa shape index (κ1) is 14.1. The number of non-ortho nitro benzene ring substituents is 1. The van der Waals surface area contributed by atoms with Crippen molar-refractivity contribution in [2.75, 3.05) is 5.32 Å². The van der Waals surface area contributed by atoms with Crippen LogP contribution >= 0.6 is 15.9 Å². The molecule has 6 nitrogen and oxygen atoms in total. The molecule has 2 rings (SSSR count). The molecule has 2 aromatic rings. The van der Waals surface area contributed by atoms with E-state index in [0.29, 0.717) is 15.9 Å². The van der Waals surface area contributed by atoms with Gasteiger partial charge in [0, 0.05) is 17.8 Å². The summed E-state index contributed by atoms with van der Waals surface area (Å²) in [6, 6.07) is 9.26. The zero-order valence-electron chi connectivity index (χ0n) is 10.5. The highest BCUT2D eigenvalue weighted by Crippen LogP contribution is 2.21.